The van der Waals surface area contributed by atoms with Gasteiger partial charge in [-0.2, -0.15) is 0 Å². The molecule has 3 heteroatoms. The predicted molar refractivity (Wildman–Crippen MR) is 80.9 cm³/mol. The van der Waals surface area contributed by atoms with Crippen molar-refractivity contribution in [1.82, 2.24) is 9.97 Å². The van der Waals surface area contributed by atoms with Gasteiger partial charge in [0.15, 0.2) is 12.0 Å². The van der Waals surface area contributed by atoms with E-state index < -0.39 is 0 Å². The number of hydrogen-bond acceptors (Lipinski definition) is 2. The van der Waals surface area contributed by atoms with E-state index >= 15 is 0 Å². The van der Waals surface area contributed by atoms with Crippen LogP contribution in [0.25, 0.3) is 43.7 Å². The van der Waals surface area contributed by atoms with Crippen LogP contribution in [-0.4, -0.2) is 9.97 Å². The SMILES string of the molecule is c1ccc2c(c1)ccc1c3ccc4ncoc4c3[nH]c21. The molecule has 0 bridgehead atoms. The van der Waals surface area contributed by atoms with Crippen LogP contribution in [0.3, 0.4) is 0 Å². The van der Waals surface area contributed by atoms with Crippen molar-refractivity contribution < 1.29 is 4.42 Å². The van der Waals surface area contributed by atoms with Gasteiger partial charge < -0.3 is 9.40 Å². The Kier molecular flexibility index (Phi) is 1.70. The third-order valence-corrected chi connectivity index (χ3v) is 3.97. The molecule has 3 aromatic carbocycles. The van der Waals surface area contributed by atoms with Crippen LogP contribution in [0.1, 0.15) is 0 Å². The quantitative estimate of drug-likeness (QED) is 0.440. The lowest BCUT2D eigenvalue weighted by molar-refractivity contribution is 0.604. The van der Waals surface area contributed by atoms with Crippen LogP contribution in [0.2, 0.25) is 0 Å². The molecule has 5 rings (SSSR count). The van der Waals surface area contributed by atoms with Gasteiger partial charge in [0.1, 0.15) is 5.52 Å². The maximum atomic E-state index is 5.53. The molecule has 3 nitrogen and oxygen atoms in total. The monoisotopic (exact) mass is 258 g/mol. The Labute approximate surface area is 113 Å². The number of benzene rings is 3. The van der Waals surface area contributed by atoms with E-state index in [1.165, 1.54) is 27.9 Å². The van der Waals surface area contributed by atoms with E-state index in [9.17, 15) is 0 Å². The number of rotatable bonds is 0. The Morgan fingerprint density at radius 3 is 2.65 bits per heavy atom. The fraction of sp³-hybridized carbons (Fsp3) is 0. The van der Waals surface area contributed by atoms with E-state index in [1.807, 2.05) is 6.07 Å². The standard InChI is InChI=1S/C17H10N2O/c1-2-4-11-10(3-1)5-6-12-13-7-8-14-17(20-9-18-14)16(13)19-15(11)12/h1-9,19H. The normalized spacial score (nSPS) is 12.0. The summed E-state index contributed by atoms with van der Waals surface area (Å²) >= 11 is 0. The van der Waals surface area contributed by atoms with Crippen LogP contribution in [0, 0.1) is 0 Å². The molecule has 0 aliphatic rings. The van der Waals surface area contributed by atoms with Crippen molar-refractivity contribution in [3.63, 3.8) is 0 Å². The number of hydrogen-bond donors (Lipinski definition) is 1. The molecule has 2 heterocycles. The van der Waals surface area contributed by atoms with Gasteiger partial charge in [-0.1, -0.05) is 36.4 Å². The summed E-state index contributed by atoms with van der Waals surface area (Å²) in [6.07, 6.45) is 1.49. The number of aromatic amines is 1. The molecule has 2 aromatic heterocycles. The van der Waals surface area contributed by atoms with Crippen molar-refractivity contribution in [3.05, 3.63) is 54.9 Å². The van der Waals surface area contributed by atoms with Gasteiger partial charge >= 0.3 is 0 Å². The van der Waals surface area contributed by atoms with E-state index in [0.29, 0.717) is 0 Å². The fourth-order valence-electron chi connectivity index (χ4n) is 3.03. The minimum Gasteiger partial charge on any atom is -0.441 e. The second-order valence-electron chi connectivity index (χ2n) is 5.02. The van der Waals surface area contributed by atoms with E-state index in [2.05, 4.69) is 52.4 Å². The zero-order valence-electron chi connectivity index (χ0n) is 10.6. The molecule has 5 aromatic rings. The highest BCUT2D eigenvalue weighted by Gasteiger charge is 2.11. The zero-order valence-corrected chi connectivity index (χ0v) is 10.6. The first kappa shape index (κ1) is 10.0. The van der Waals surface area contributed by atoms with Crippen LogP contribution in [-0.2, 0) is 0 Å². The van der Waals surface area contributed by atoms with Crippen molar-refractivity contribution >= 4 is 43.7 Å². The van der Waals surface area contributed by atoms with Crippen LogP contribution in [0.5, 0.6) is 0 Å². The molecule has 0 atom stereocenters. The average molecular weight is 258 g/mol. The van der Waals surface area contributed by atoms with Crippen molar-refractivity contribution in [1.29, 1.82) is 0 Å². The van der Waals surface area contributed by atoms with Crippen molar-refractivity contribution in [2.24, 2.45) is 0 Å². The van der Waals surface area contributed by atoms with Gasteiger partial charge in [-0.3, -0.25) is 0 Å². The molecular weight excluding hydrogens is 248 g/mol. The third-order valence-electron chi connectivity index (χ3n) is 3.97. The molecule has 0 amide bonds. The number of oxazole rings is 1. The predicted octanol–water partition coefficient (Wildman–Crippen LogP) is 4.62. The van der Waals surface area contributed by atoms with E-state index in [-0.39, 0.29) is 0 Å². The number of H-pyrrole nitrogens is 1. The van der Waals surface area contributed by atoms with Gasteiger partial charge in [-0.05, 0) is 17.5 Å². The molecule has 0 aliphatic carbocycles. The highest BCUT2D eigenvalue weighted by molar-refractivity contribution is 6.20. The van der Waals surface area contributed by atoms with Crippen LogP contribution < -0.4 is 0 Å². The Balaban J connectivity index is 2.12. The van der Waals surface area contributed by atoms with Gasteiger partial charge in [0.05, 0.1) is 11.0 Å². The zero-order chi connectivity index (χ0) is 13.1. The molecule has 0 saturated carbocycles. The Morgan fingerprint density at radius 2 is 1.65 bits per heavy atom. The van der Waals surface area contributed by atoms with Gasteiger partial charge in [0.25, 0.3) is 0 Å². The van der Waals surface area contributed by atoms with Gasteiger partial charge in [0.2, 0.25) is 0 Å². The Morgan fingerprint density at radius 1 is 0.800 bits per heavy atom. The second-order valence-corrected chi connectivity index (χ2v) is 5.02. The van der Waals surface area contributed by atoms with Crippen molar-refractivity contribution in [2.75, 3.05) is 0 Å². The maximum absolute atomic E-state index is 5.53. The first-order valence-electron chi connectivity index (χ1n) is 6.57. The van der Waals surface area contributed by atoms with Crippen LogP contribution in [0.4, 0.5) is 0 Å². The lowest BCUT2D eigenvalue weighted by Gasteiger charge is -1.98. The van der Waals surface area contributed by atoms with Gasteiger partial charge in [-0.25, -0.2) is 4.98 Å². The molecule has 0 spiro atoms. The van der Waals surface area contributed by atoms with Crippen LogP contribution in [0.15, 0.2) is 59.3 Å². The number of fused-ring (bicyclic) bond motifs is 7. The summed E-state index contributed by atoms with van der Waals surface area (Å²) in [7, 11) is 0. The minimum atomic E-state index is 0.822. The van der Waals surface area contributed by atoms with E-state index in [1.54, 1.807) is 0 Å². The summed E-state index contributed by atoms with van der Waals surface area (Å²) < 4.78 is 5.53. The topological polar surface area (TPSA) is 41.8 Å². The minimum absolute atomic E-state index is 0.822. The number of aromatic nitrogens is 2. The molecule has 94 valence electrons. The molecule has 0 aliphatic heterocycles. The highest BCUT2D eigenvalue weighted by Crippen LogP contribution is 2.34. The van der Waals surface area contributed by atoms with Gasteiger partial charge in [0, 0.05) is 16.2 Å². The van der Waals surface area contributed by atoms with Crippen molar-refractivity contribution in [2.45, 2.75) is 0 Å². The fourth-order valence-corrected chi connectivity index (χ4v) is 3.03. The summed E-state index contributed by atoms with van der Waals surface area (Å²) in [5.74, 6) is 0. The van der Waals surface area contributed by atoms with E-state index in [0.717, 1.165) is 22.1 Å². The molecule has 20 heavy (non-hydrogen) atoms. The molecular formula is C17H10N2O. The van der Waals surface area contributed by atoms with Crippen molar-refractivity contribution in [3.8, 4) is 0 Å². The third kappa shape index (κ3) is 1.12. The summed E-state index contributed by atoms with van der Waals surface area (Å²) in [6.45, 7) is 0. The molecule has 0 radical (unpaired) electrons. The Bertz CT molecular complexity index is 1100. The first-order chi connectivity index (χ1) is 9.92. The van der Waals surface area contributed by atoms with Gasteiger partial charge in [-0.15, -0.1) is 0 Å². The second kappa shape index (κ2) is 3.39. The first-order valence-corrected chi connectivity index (χ1v) is 6.57. The maximum Gasteiger partial charge on any atom is 0.182 e. The molecule has 0 saturated heterocycles. The summed E-state index contributed by atoms with van der Waals surface area (Å²) in [5.41, 5.74) is 3.88. The smallest absolute Gasteiger partial charge is 0.182 e. The molecule has 0 fully saturated rings. The molecule has 0 unspecified atom stereocenters. The van der Waals surface area contributed by atoms with E-state index in [4.69, 9.17) is 4.42 Å². The summed E-state index contributed by atoms with van der Waals surface area (Å²) in [5, 5.41) is 4.86. The number of nitrogens with zero attached hydrogens (tertiary/aromatic N) is 1. The summed E-state index contributed by atoms with van der Waals surface area (Å²) in [6, 6.07) is 16.8. The number of nitrogens with one attached hydrogen (secondary N) is 1. The summed E-state index contributed by atoms with van der Waals surface area (Å²) in [4.78, 5) is 7.73. The molecule has 1 N–H and O–H groups in total. The van der Waals surface area contributed by atoms with Crippen LogP contribution >= 0.6 is 0 Å². The lowest BCUT2D eigenvalue weighted by atomic mass is 10.1. The largest absolute Gasteiger partial charge is 0.441 e. The lowest BCUT2D eigenvalue weighted by Crippen LogP contribution is -1.74. The Hall–Kier alpha value is -2.81. The average Bonchev–Trinajstić information content (AvgIpc) is 3.10. The highest BCUT2D eigenvalue weighted by atomic mass is 16.3.